The van der Waals surface area contributed by atoms with Crippen molar-refractivity contribution in [2.45, 2.75) is 58.5 Å². The molecule has 11 nitrogen and oxygen atoms in total. The summed E-state index contributed by atoms with van der Waals surface area (Å²) >= 11 is 0. The number of likely N-dealkylation sites (tertiary alicyclic amines) is 1. The van der Waals surface area contributed by atoms with E-state index in [-0.39, 0.29) is 36.9 Å². The highest BCUT2D eigenvalue weighted by atomic mass is 16.5. The zero-order chi connectivity index (χ0) is 26.5. The number of nitrogens with zero attached hydrogens (tertiary/aromatic N) is 6. The smallest absolute Gasteiger partial charge is 0.407 e. The lowest BCUT2D eigenvalue weighted by Crippen LogP contribution is -2.54. The molecule has 0 radical (unpaired) electrons. The standard InChI is InChI=1S/C26H36N6O5/c1-17(2)14-32(20-13-19(15-30(16-20)26(34)35)24-29-28-18(3)37-24)25(33)23-27-21-9-5-6-10-22(21)31(23)11-7-8-12-36-4/h5-6,9-10,17,19-20H,7-8,11-16H2,1-4H3,(H,34,35)/t19-,20+/m1/s1. The molecule has 200 valence electrons. The topological polar surface area (TPSA) is 127 Å². The summed E-state index contributed by atoms with van der Waals surface area (Å²) in [6, 6.07) is 7.37. The third-order valence-electron chi connectivity index (χ3n) is 6.68. The summed E-state index contributed by atoms with van der Waals surface area (Å²) in [7, 11) is 1.68. The molecule has 1 aliphatic heterocycles. The van der Waals surface area contributed by atoms with Crippen LogP contribution in [0.25, 0.3) is 11.0 Å². The molecule has 1 N–H and O–H groups in total. The van der Waals surface area contributed by atoms with Gasteiger partial charge in [-0.3, -0.25) is 4.79 Å². The summed E-state index contributed by atoms with van der Waals surface area (Å²) in [5, 5.41) is 17.9. The number of imidazole rings is 1. The number of hydrogen-bond donors (Lipinski definition) is 1. The Kier molecular flexibility index (Phi) is 8.42. The van der Waals surface area contributed by atoms with Crippen LogP contribution in [0.2, 0.25) is 0 Å². The van der Waals surface area contributed by atoms with Crippen molar-refractivity contribution in [3.8, 4) is 0 Å². The van der Waals surface area contributed by atoms with Crippen molar-refractivity contribution in [1.29, 1.82) is 0 Å². The molecule has 0 spiro atoms. The fourth-order valence-corrected chi connectivity index (χ4v) is 5.01. The Morgan fingerprint density at radius 2 is 2.00 bits per heavy atom. The largest absolute Gasteiger partial charge is 0.465 e. The predicted molar refractivity (Wildman–Crippen MR) is 136 cm³/mol. The number of fused-ring (bicyclic) bond motifs is 1. The summed E-state index contributed by atoms with van der Waals surface area (Å²) in [5.41, 5.74) is 1.67. The number of hydrogen-bond acceptors (Lipinski definition) is 7. The van der Waals surface area contributed by atoms with Crippen molar-refractivity contribution < 1.29 is 23.8 Å². The second-order valence-corrected chi connectivity index (χ2v) is 10.1. The molecule has 3 aromatic rings. The van der Waals surface area contributed by atoms with E-state index < -0.39 is 6.09 Å². The zero-order valence-corrected chi connectivity index (χ0v) is 22.0. The van der Waals surface area contributed by atoms with E-state index in [1.165, 1.54) is 4.90 Å². The second-order valence-electron chi connectivity index (χ2n) is 10.1. The Bertz CT molecular complexity index is 1220. The van der Waals surface area contributed by atoms with Crippen LogP contribution in [0.3, 0.4) is 0 Å². The van der Waals surface area contributed by atoms with Crippen molar-refractivity contribution >= 4 is 23.0 Å². The summed E-state index contributed by atoms with van der Waals surface area (Å²) in [5.74, 6) is 0.873. The quantitative estimate of drug-likeness (QED) is 0.407. The van der Waals surface area contributed by atoms with E-state index in [2.05, 4.69) is 10.2 Å². The van der Waals surface area contributed by atoms with Gasteiger partial charge in [0.25, 0.3) is 5.91 Å². The van der Waals surface area contributed by atoms with Gasteiger partial charge in [0, 0.05) is 46.8 Å². The van der Waals surface area contributed by atoms with Crippen LogP contribution in [-0.2, 0) is 11.3 Å². The molecule has 0 unspecified atom stereocenters. The number of benzene rings is 1. The van der Waals surface area contributed by atoms with E-state index in [0.29, 0.717) is 43.7 Å². The Hall–Kier alpha value is -3.47. The average Bonchev–Trinajstić information content (AvgIpc) is 3.48. The number of aryl methyl sites for hydroxylation is 2. The molecule has 2 amide bonds. The third kappa shape index (κ3) is 6.10. The van der Waals surface area contributed by atoms with Crippen molar-refractivity contribution in [3.63, 3.8) is 0 Å². The van der Waals surface area contributed by atoms with Crippen molar-refractivity contribution in [3.05, 3.63) is 41.9 Å². The molecule has 0 bridgehead atoms. The Balaban J connectivity index is 1.68. The van der Waals surface area contributed by atoms with Gasteiger partial charge in [-0.2, -0.15) is 0 Å². The minimum Gasteiger partial charge on any atom is -0.465 e. The van der Waals surface area contributed by atoms with Gasteiger partial charge in [0.1, 0.15) is 0 Å². The summed E-state index contributed by atoms with van der Waals surface area (Å²) in [6.07, 6.45) is 1.20. The lowest BCUT2D eigenvalue weighted by Gasteiger charge is -2.41. The first-order valence-corrected chi connectivity index (χ1v) is 12.8. The summed E-state index contributed by atoms with van der Waals surface area (Å²) in [6.45, 7) is 8.02. The molecule has 0 saturated carbocycles. The fraction of sp³-hybridized carbons (Fsp3) is 0.577. The van der Waals surface area contributed by atoms with Crippen LogP contribution in [-0.4, -0.2) is 86.0 Å². The number of carboxylic acid groups (broad SMARTS) is 1. The van der Waals surface area contributed by atoms with Gasteiger partial charge in [0.05, 0.1) is 23.0 Å². The van der Waals surface area contributed by atoms with Crippen LogP contribution in [0, 0.1) is 12.8 Å². The van der Waals surface area contributed by atoms with E-state index in [1.807, 2.05) is 42.7 Å². The first-order chi connectivity index (χ1) is 17.8. The molecular weight excluding hydrogens is 476 g/mol. The second kappa shape index (κ2) is 11.7. The minimum atomic E-state index is -1.03. The number of ether oxygens (including phenoxy) is 1. The number of amides is 2. The molecule has 11 heteroatoms. The normalized spacial score (nSPS) is 18.0. The highest BCUT2D eigenvalue weighted by Gasteiger charge is 2.39. The molecule has 3 heterocycles. The molecule has 2 aromatic heterocycles. The molecule has 2 atom stereocenters. The third-order valence-corrected chi connectivity index (χ3v) is 6.68. The number of methoxy groups -OCH3 is 1. The molecule has 4 rings (SSSR count). The number of para-hydroxylation sites is 2. The SMILES string of the molecule is COCCCCn1c(C(=O)N(CC(C)C)[C@H]2C[C@@H](c3nnc(C)o3)CN(C(=O)O)C2)nc2ccccc21. The maximum atomic E-state index is 14.2. The summed E-state index contributed by atoms with van der Waals surface area (Å²) < 4.78 is 12.8. The highest BCUT2D eigenvalue weighted by molar-refractivity contribution is 5.95. The molecule has 1 fully saturated rings. The van der Waals surface area contributed by atoms with E-state index >= 15 is 0 Å². The van der Waals surface area contributed by atoms with Crippen LogP contribution < -0.4 is 0 Å². The van der Waals surface area contributed by atoms with Crippen LogP contribution in [0.1, 0.15) is 61.4 Å². The molecule has 1 aliphatic rings. The van der Waals surface area contributed by atoms with Gasteiger partial charge in [-0.15, -0.1) is 10.2 Å². The van der Waals surface area contributed by atoms with Crippen LogP contribution in [0.5, 0.6) is 0 Å². The number of carbonyl (C=O) groups is 2. The Labute approximate surface area is 216 Å². The number of carbonyl (C=O) groups excluding carboxylic acids is 1. The van der Waals surface area contributed by atoms with E-state index in [0.717, 1.165) is 23.9 Å². The maximum absolute atomic E-state index is 14.2. The van der Waals surface area contributed by atoms with Crippen molar-refractivity contribution in [2.24, 2.45) is 5.92 Å². The monoisotopic (exact) mass is 512 g/mol. The van der Waals surface area contributed by atoms with Gasteiger partial charge < -0.3 is 28.6 Å². The average molecular weight is 513 g/mol. The summed E-state index contributed by atoms with van der Waals surface area (Å²) in [4.78, 5) is 34.1. The van der Waals surface area contributed by atoms with Crippen LogP contribution >= 0.6 is 0 Å². The van der Waals surface area contributed by atoms with Gasteiger partial charge in [0.2, 0.25) is 11.8 Å². The van der Waals surface area contributed by atoms with E-state index in [9.17, 15) is 14.7 Å². The van der Waals surface area contributed by atoms with Gasteiger partial charge >= 0.3 is 6.09 Å². The number of unbranched alkanes of at least 4 members (excludes halogenated alkanes) is 1. The van der Waals surface area contributed by atoms with Gasteiger partial charge in [-0.1, -0.05) is 26.0 Å². The highest BCUT2D eigenvalue weighted by Crippen LogP contribution is 2.30. The minimum absolute atomic E-state index is 0.174. The Morgan fingerprint density at radius 1 is 1.22 bits per heavy atom. The van der Waals surface area contributed by atoms with Gasteiger partial charge in [-0.25, -0.2) is 9.78 Å². The zero-order valence-electron chi connectivity index (χ0n) is 22.0. The van der Waals surface area contributed by atoms with Crippen molar-refractivity contribution in [2.75, 3.05) is 33.4 Å². The number of rotatable bonds is 10. The van der Waals surface area contributed by atoms with Crippen molar-refractivity contribution in [1.82, 2.24) is 29.5 Å². The first-order valence-electron chi connectivity index (χ1n) is 12.8. The van der Waals surface area contributed by atoms with E-state index in [1.54, 1.807) is 18.9 Å². The van der Waals surface area contributed by atoms with Gasteiger partial charge in [0.15, 0.2) is 5.82 Å². The van der Waals surface area contributed by atoms with Crippen LogP contribution in [0.15, 0.2) is 28.7 Å². The maximum Gasteiger partial charge on any atom is 0.407 e. The molecule has 0 aliphatic carbocycles. The lowest BCUT2D eigenvalue weighted by atomic mass is 9.92. The van der Waals surface area contributed by atoms with Crippen LogP contribution in [0.4, 0.5) is 4.79 Å². The van der Waals surface area contributed by atoms with Gasteiger partial charge in [-0.05, 0) is 37.3 Å². The van der Waals surface area contributed by atoms with E-state index in [4.69, 9.17) is 14.1 Å². The fourth-order valence-electron chi connectivity index (χ4n) is 5.01. The lowest BCUT2D eigenvalue weighted by molar-refractivity contribution is 0.0441. The molecule has 1 aromatic carbocycles. The molecule has 37 heavy (non-hydrogen) atoms. The Morgan fingerprint density at radius 3 is 2.68 bits per heavy atom. The number of aromatic nitrogens is 4. The molecule has 1 saturated heterocycles. The molecular formula is C26H36N6O5. The number of piperidine rings is 1. The predicted octanol–water partition coefficient (Wildman–Crippen LogP) is 3.79. The first kappa shape index (κ1) is 26.6.